The van der Waals surface area contributed by atoms with Crippen LogP contribution in [0.4, 0.5) is 0 Å². The minimum atomic E-state index is 0.0919. The number of rotatable bonds is 4. The van der Waals surface area contributed by atoms with Crippen LogP contribution in [0.5, 0.6) is 0 Å². The van der Waals surface area contributed by atoms with Crippen LogP contribution in [-0.2, 0) is 12.8 Å². The maximum absolute atomic E-state index is 12.0. The van der Waals surface area contributed by atoms with Gasteiger partial charge < -0.3 is 0 Å². The van der Waals surface area contributed by atoms with Gasteiger partial charge in [0.25, 0.3) is 0 Å². The van der Waals surface area contributed by atoms with Gasteiger partial charge in [-0.15, -0.1) is 11.3 Å². The molecule has 0 spiro atoms. The van der Waals surface area contributed by atoms with Gasteiger partial charge in [0.1, 0.15) is 0 Å². The van der Waals surface area contributed by atoms with Gasteiger partial charge in [0.2, 0.25) is 0 Å². The van der Waals surface area contributed by atoms with Gasteiger partial charge in [0, 0.05) is 6.42 Å². The largest absolute Gasteiger partial charge is 0.293 e. The number of Topliss-reactive ketones (excluding diaryl/α,β-unsaturated/α-hetero) is 1. The molecule has 2 aromatic rings. The molecular weight excluding hydrogens is 252 g/mol. The van der Waals surface area contributed by atoms with E-state index in [1.54, 1.807) is 6.07 Å². The molecule has 0 aliphatic rings. The Morgan fingerprint density at radius 3 is 2.35 bits per heavy atom. The predicted octanol–water partition coefficient (Wildman–Crippen LogP) is 4.39. The first-order chi connectivity index (χ1) is 8.20. The molecule has 17 heavy (non-hydrogen) atoms. The van der Waals surface area contributed by atoms with Gasteiger partial charge in [-0.3, -0.25) is 4.79 Å². The third-order valence-corrected chi connectivity index (χ3v) is 4.05. The number of thiophene rings is 1. The Hall–Kier alpha value is -1.12. The van der Waals surface area contributed by atoms with E-state index >= 15 is 0 Å². The molecule has 88 valence electrons. The Kier molecular flexibility index (Phi) is 3.97. The van der Waals surface area contributed by atoms with Crippen molar-refractivity contribution in [2.45, 2.75) is 19.8 Å². The van der Waals surface area contributed by atoms with Crippen molar-refractivity contribution in [1.29, 1.82) is 0 Å². The van der Waals surface area contributed by atoms with E-state index in [0.29, 0.717) is 16.3 Å². The quantitative estimate of drug-likeness (QED) is 0.749. The fourth-order valence-electron chi connectivity index (χ4n) is 1.65. The second kappa shape index (κ2) is 5.48. The first kappa shape index (κ1) is 12.3. The predicted molar refractivity (Wildman–Crippen MR) is 73.2 cm³/mol. The molecule has 0 amide bonds. The van der Waals surface area contributed by atoms with E-state index in [9.17, 15) is 4.79 Å². The highest BCUT2D eigenvalue weighted by molar-refractivity contribution is 7.12. The van der Waals surface area contributed by atoms with Gasteiger partial charge in [0.15, 0.2) is 5.78 Å². The zero-order chi connectivity index (χ0) is 12.3. The number of hydrogen-bond acceptors (Lipinski definition) is 2. The molecule has 1 nitrogen and oxygen atoms in total. The summed E-state index contributed by atoms with van der Waals surface area (Å²) in [6, 6.07) is 9.92. The van der Waals surface area contributed by atoms with Crippen molar-refractivity contribution in [2.24, 2.45) is 0 Å². The van der Waals surface area contributed by atoms with Crippen molar-refractivity contribution < 1.29 is 4.79 Å². The lowest BCUT2D eigenvalue weighted by Crippen LogP contribution is -2.01. The van der Waals surface area contributed by atoms with E-state index < -0.39 is 0 Å². The minimum Gasteiger partial charge on any atom is -0.293 e. The molecule has 3 heteroatoms. The third kappa shape index (κ3) is 2.96. The summed E-state index contributed by atoms with van der Waals surface area (Å²) < 4.78 is 0. The summed E-state index contributed by atoms with van der Waals surface area (Å²) in [5.41, 5.74) is 2.33. The summed E-state index contributed by atoms with van der Waals surface area (Å²) in [6.45, 7) is 2.12. The standard InChI is InChI=1S/C14H13ClOS/c1-2-10-3-5-11(6-4-10)9-13(16)14-12(15)7-8-17-14/h3-8H,2,9H2,1H3. The fraction of sp³-hybridized carbons (Fsp3) is 0.214. The Morgan fingerprint density at radius 1 is 1.18 bits per heavy atom. The molecule has 0 bridgehead atoms. The Balaban J connectivity index is 2.10. The van der Waals surface area contributed by atoms with Crippen LogP contribution in [0.3, 0.4) is 0 Å². The number of carbonyl (C=O) groups excluding carboxylic acids is 1. The lowest BCUT2D eigenvalue weighted by molar-refractivity contribution is 0.0997. The van der Waals surface area contributed by atoms with Gasteiger partial charge >= 0.3 is 0 Å². The van der Waals surface area contributed by atoms with Gasteiger partial charge in [-0.1, -0.05) is 42.8 Å². The summed E-state index contributed by atoms with van der Waals surface area (Å²) in [5.74, 6) is 0.0919. The van der Waals surface area contributed by atoms with E-state index in [4.69, 9.17) is 11.6 Å². The number of carbonyl (C=O) groups is 1. The van der Waals surface area contributed by atoms with E-state index in [1.807, 2.05) is 17.5 Å². The normalized spacial score (nSPS) is 10.5. The Morgan fingerprint density at radius 2 is 1.82 bits per heavy atom. The Bertz CT molecular complexity index is 513. The van der Waals surface area contributed by atoms with Crippen LogP contribution in [0.15, 0.2) is 35.7 Å². The topological polar surface area (TPSA) is 17.1 Å². The summed E-state index contributed by atoms with van der Waals surface area (Å²) in [4.78, 5) is 12.6. The molecular formula is C14H13ClOS. The highest BCUT2D eigenvalue weighted by Gasteiger charge is 2.12. The number of halogens is 1. The minimum absolute atomic E-state index is 0.0919. The average molecular weight is 265 g/mol. The zero-order valence-corrected chi connectivity index (χ0v) is 11.1. The molecule has 0 atom stereocenters. The average Bonchev–Trinajstić information content (AvgIpc) is 2.76. The van der Waals surface area contributed by atoms with Crippen LogP contribution in [0.2, 0.25) is 5.02 Å². The lowest BCUT2D eigenvalue weighted by atomic mass is 10.1. The summed E-state index contributed by atoms with van der Waals surface area (Å²) in [7, 11) is 0. The number of benzene rings is 1. The van der Waals surface area contributed by atoms with Crippen LogP contribution < -0.4 is 0 Å². The maximum Gasteiger partial charge on any atom is 0.178 e. The van der Waals surface area contributed by atoms with E-state index in [2.05, 4.69) is 19.1 Å². The third-order valence-electron chi connectivity index (χ3n) is 2.67. The second-order valence-corrected chi connectivity index (χ2v) is 5.19. The smallest absolute Gasteiger partial charge is 0.178 e. The molecule has 0 aliphatic carbocycles. The Labute approximate surface area is 110 Å². The molecule has 1 aromatic carbocycles. The second-order valence-electron chi connectivity index (χ2n) is 3.87. The molecule has 0 radical (unpaired) electrons. The van der Waals surface area contributed by atoms with Crippen LogP contribution in [0.1, 0.15) is 27.7 Å². The summed E-state index contributed by atoms with van der Waals surface area (Å²) in [6.07, 6.45) is 1.44. The number of aryl methyl sites for hydroxylation is 1. The van der Waals surface area contributed by atoms with E-state index in [0.717, 1.165) is 12.0 Å². The van der Waals surface area contributed by atoms with Gasteiger partial charge in [-0.25, -0.2) is 0 Å². The molecule has 0 N–H and O–H groups in total. The SMILES string of the molecule is CCc1ccc(CC(=O)c2sccc2Cl)cc1. The molecule has 0 aliphatic heterocycles. The maximum atomic E-state index is 12.0. The lowest BCUT2D eigenvalue weighted by Gasteiger charge is -2.01. The van der Waals surface area contributed by atoms with Crippen molar-refractivity contribution in [1.82, 2.24) is 0 Å². The molecule has 2 rings (SSSR count). The molecule has 1 heterocycles. The van der Waals surface area contributed by atoms with E-state index in [-0.39, 0.29) is 5.78 Å². The molecule has 0 fully saturated rings. The van der Waals surface area contributed by atoms with Gasteiger partial charge in [-0.2, -0.15) is 0 Å². The van der Waals surface area contributed by atoms with Crippen molar-refractivity contribution >= 4 is 28.7 Å². The summed E-state index contributed by atoms with van der Waals surface area (Å²) >= 11 is 7.34. The fourth-order valence-corrected chi connectivity index (χ4v) is 2.75. The molecule has 0 unspecified atom stereocenters. The summed E-state index contributed by atoms with van der Waals surface area (Å²) in [5, 5.41) is 2.40. The van der Waals surface area contributed by atoms with E-state index in [1.165, 1.54) is 16.9 Å². The molecule has 0 saturated heterocycles. The highest BCUT2D eigenvalue weighted by atomic mass is 35.5. The van der Waals surface area contributed by atoms with Crippen molar-refractivity contribution in [2.75, 3.05) is 0 Å². The molecule has 1 aromatic heterocycles. The van der Waals surface area contributed by atoms with Crippen LogP contribution in [0.25, 0.3) is 0 Å². The first-order valence-electron chi connectivity index (χ1n) is 5.54. The monoisotopic (exact) mass is 264 g/mol. The molecule has 0 saturated carbocycles. The van der Waals surface area contributed by atoms with Crippen molar-refractivity contribution in [3.8, 4) is 0 Å². The van der Waals surface area contributed by atoms with Crippen molar-refractivity contribution in [3.05, 3.63) is 56.7 Å². The van der Waals surface area contributed by atoms with Crippen LogP contribution in [0, 0.1) is 0 Å². The van der Waals surface area contributed by atoms with Crippen molar-refractivity contribution in [3.63, 3.8) is 0 Å². The van der Waals surface area contributed by atoms with Gasteiger partial charge in [-0.05, 0) is 29.0 Å². The van der Waals surface area contributed by atoms with Crippen LogP contribution in [-0.4, -0.2) is 5.78 Å². The first-order valence-corrected chi connectivity index (χ1v) is 6.80. The van der Waals surface area contributed by atoms with Gasteiger partial charge in [0.05, 0.1) is 9.90 Å². The highest BCUT2D eigenvalue weighted by Crippen LogP contribution is 2.23. The van der Waals surface area contributed by atoms with Crippen LogP contribution >= 0.6 is 22.9 Å². The number of hydrogen-bond donors (Lipinski definition) is 0. The zero-order valence-electron chi connectivity index (χ0n) is 9.57. The number of ketones is 1.